The first-order valence-electron chi connectivity index (χ1n) is 5.74. The summed E-state index contributed by atoms with van der Waals surface area (Å²) in [6, 6.07) is 6.37. The third kappa shape index (κ3) is 1.43. The lowest BCUT2D eigenvalue weighted by Crippen LogP contribution is -2.29. The summed E-state index contributed by atoms with van der Waals surface area (Å²) in [6.45, 7) is 4.97. The van der Waals surface area contributed by atoms with Gasteiger partial charge in [0.15, 0.2) is 0 Å². The molecule has 0 spiro atoms. The van der Waals surface area contributed by atoms with Crippen LogP contribution in [0.5, 0.6) is 5.75 Å². The van der Waals surface area contributed by atoms with Gasteiger partial charge < -0.3 is 15.4 Å². The lowest BCUT2D eigenvalue weighted by molar-refractivity contribution is 0.319. The van der Waals surface area contributed by atoms with E-state index in [2.05, 4.69) is 42.7 Å². The average Bonchev–Trinajstić information content (AvgIpc) is 2.52. The van der Waals surface area contributed by atoms with Crippen molar-refractivity contribution >= 4 is 5.70 Å². The van der Waals surface area contributed by atoms with Crippen molar-refractivity contribution in [3.63, 3.8) is 0 Å². The quantitative estimate of drug-likeness (QED) is 0.695. The smallest absolute Gasteiger partial charge is 0.128 e. The van der Waals surface area contributed by atoms with Crippen LogP contribution in [0.3, 0.4) is 0 Å². The van der Waals surface area contributed by atoms with Crippen LogP contribution in [0, 0.1) is 6.92 Å². The van der Waals surface area contributed by atoms with Crippen LogP contribution in [0.2, 0.25) is 0 Å². The van der Waals surface area contributed by atoms with Gasteiger partial charge in [-0.15, -0.1) is 0 Å². The molecule has 0 saturated carbocycles. The van der Waals surface area contributed by atoms with Crippen molar-refractivity contribution in [1.82, 2.24) is 10.6 Å². The first-order valence-corrected chi connectivity index (χ1v) is 5.74. The molecule has 2 aliphatic heterocycles. The van der Waals surface area contributed by atoms with Crippen molar-refractivity contribution in [2.24, 2.45) is 0 Å². The van der Waals surface area contributed by atoms with Crippen molar-refractivity contribution < 1.29 is 4.74 Å². The fraction of sp³-hybridized carbons (Fsp3) is 0.385. The minimum Gasteiger partial charge on any atom is -0.492 e. The van der Waals surface area contributed by atoms with Crippen LogP contribution in [0.15, 0.2) is 23.9 Å². The molecular weight excluding hydrogens is 200 g/mol. The maximum absolute atomic E-state index is 5.78. The molecule has 0 radical (unpaired) electrons. The molecule has 0 amide bonds. The highest BCUT2D eigenvalue weighted by Crippen LogP contribution is 2.33. The maximum atomic E-state index is 5.78. The Morgan fingerprint density at radius 2 is 2.19 bits per heavy atom. The zero-order valence-electron chi connectivity index (χ0n) is 9.63. The van der Waals surface area contributed by atoms with Crippen molar-refractivity contribution in [3.8, 4) is 5.75 Å². The van der Waals surface area contributed by atoms with E-state index >= 15 is 0 Å². The maximum Gasteiger partial charge on any atom is 0.128 e. The summed E-state index contributed by atoms with van der Waals surface area (Å²) >= 11 is 0. The van der Waals surface area contributed by atoms with Crippen LogP contribution in [-0.4, -0.2) is 12.8 Å². The van der Waals surface area contributed by atoms with Crippen molar-refractivity contribution in [3.05, 3.63) is 35.0 Å². The molecule has 84 valence electrons. The van der Waals surface area contributed by atoms with Gasteiger partial charge in [0, 0.05) is 17.7 Å². The average molecular weight is 216 g/mol. The Bertz CT molecular complexity index is 465. The van der Waals surface area contributed by atoms with Gasteiger partial charge in [-0.2, -0.15) is 0 Å². The molecular formula is C13H16N2O. The summed E-state index contributed by atoms with van der Waals surface area (Å²) in [4.78, 5) is 0. The Morgan fingerprint density at radius 1 is 1.31 bits per heavy atom. The van der Waals surface area contributed by atoms with Gasteiger partial charge in [0.1, 0.15) is 5.75 Å². The lowest BCUT2D eigenvalue weighted by atomic mass is 10.1. The number of fused-ring (bicyclic) bond motifs is 2. The van der Waals surface area contributed by atoms with Crippen LogP contribution in [-0.2, 0) is 0 Å². The number of nitrogens with one attached hydrogen (secondary N) is 2. The van der Waals surface area contributed by atoms with E-state index in [1.54, 1.807) is 0 Å². The number of ether oxygens (including phenoxy) is 1. The molecule has 0 aromatic heterocycles. The van der Waals surface area contributed by atoms with Crippen LogP contribution >= 0.6 is 0 Å². The largest absolute Gasteiger partial charge is 0.492 e. The van der Waals surface area contributed by atoms with Gasteiger partial charge in [-0.3, -0.25) is 0 Å². The number of hydrogen-bond donors (Lipinski definition) is 2. The normalized spacial score (nSPS) is 22.5. The van der Waals surface area contributed by atoms with Crippen LogP contribution in [0.1, 0.15) is 24.5 Å². The molecule has 16 heavy (non-hydrogen) atoms. The fourth-order valence-electron chi connectivity index (χ4n) is 2.33. The summed E-state index contributed by atoms with van der Waals surface area (Å²) in [5.74, 6) is 0.994. The van der Waals surface area contributed by atoms with Crippen molar-refractivity contribution in [1.29, 1.82) is 0 Å². The Kier molecular flexibility index (Phi) is 2.06. The highest BCUT2D eigenvalue weighted by atomic mass is 16.5. The monoisotopic (exact) mass is 216 g/mol. The minimum absolute atomic E-state index is 0.317. The van der Waals surface area contributed by atoms with Gasteiger partial charge in [-0.1, -0.05) is 6.07 Å². The second-order valence-corrected chi connectivity index (χ2v) is 4.46. The van der Waals surface area contributed by atoms with E-state index in [1.165, 1.54) is 22.5 Å². The minimum atomic E-state index is 0.317. The van der Waals surface area contributed by atoms with Crippen LogP contribution in [0.4, 0.5) is 0 Å². The molecule has 2 N–H and O–H groups in total. The van der Waals surface area contributed by atoms with E-state index in [-0.39, 0.29) is 0 Å². The topological polar surface area (TPSA) is 33.3 Å². The molecule has 3 rings (SSSR count). The Hall–Kier alpha value is -1.64. The molecule has 3 heteroatoms. The van der Waals surface area contributed by atoms with Gasteiger partial charge in [-0.25, -0.2) is 0 Å². The van der Waals surface area contributed by atoms with E-state index in [9.17, 15) is 0 Å². The Morgan fingerprint density at radius 3 is 3.06 bits per heavy atom. The second kappa shape index (κ2) is 3.44. The summed E-state index contributed by atoms with van der Waals surface area (Å²) in [5.41, 5.74) is 4.90. The molecule has 2 heterocycles. The molecule has 0 aliphatic carbocycles. The predicted molar refractivity (Wildman–Crippen MR) is 63.9 cm³/mol. The summed E-state index contributed by atoms with van der Waals surface area (Å²) in [5, 5.41) is 6.90. The highest BCUT2D eigenvalue weighted by molar-refractivity contribution is 5.74. The predicted octanol–water partition coefficient (Wildman–Crippen LogP) is 1.98. The molecule has 1 unspecified atom stereocenters. The third-order valence-corrected chi connectivity index (χ3v) is 3.07. The van der Waals surface area contributed by atoms with Crippen LogP contribution in [0.25, 0.3) is 5.70 Å². The van der Waals surface area contributed by atoms with E-state index in [1.807, 2.05) is 0 Å². The fourth-order valence-corrected chi connectivity index (χ4v) is 2.33. The van der Waals surface area contributed by atoms with Gasteiger partial charge in [0.05, 0.1) is 18.5 Å². The standard InChI is InChI=1S/C13H16N2O/c1-8-3-4-10-12(7-8)16-6-5-11-13(10)15-9(2)14-11/h3-4,7,9,14-15H,5-6H2,1-2H3. The number of aryl methyl sites for hydroxylation is 1. The SMILES string of the molecule is Cc1ccc2c(c1)OCCC1=C2NC(C)N1. The zero-order chi connectivity index (χ0) is 11.1. The van der Waals surface area contributed by atoms with Gasteiger partial charge in [0.25, 0.3) is 0 Å². The first kappa shape index (κ1) is 9.58. The Labute approximate surface area is 95.5 Å². The van der Waals surface area contributed by atoms with Gasteiger partial charge in [-0.05, 0) is 31.5 Å². The van der Waals surface area contributed by atoms with E-state index in [0.717, 1.165) is 18.8 Å². The molecule has 0 saturated heterocycles. The van der Waals surface area contributed by atoms with Crippen molar-refractivity contribution in [2.75, 3.05) is 6.61 Å². The van der Waals surface area contributed by atoms with E-state index in [0.29, 0.717) is 6.17 Å². The number of benzene rings is 1. The van der Waals surface area contributed by atoms with Gasteiger partial charge >= 0.3 is 0 Å². The number of rotatable bonds is 0. The third-order valence-electron chi connectivity index (χ3n) is 3.07. The van der Waals surface area contributed by atoms with Gasteiger partial charge in [0.2, 0.25) is 0 Å². The Balaban J connectivity index is 2.11. The molecule has 2 aliphatic rings. The summed E-state index contributed by atoms with van der Waals surface area (Å²) in [7, 11) is 0. The second-order valence-electron chi connectivity index (χ2n) is 4.46. The molecule has 1 atom stereocenters. The van der Waals surface area contributed by atoms with E-state index in [4.69, 9.17) is 4.74 Å². The summed E-state index contributed by atoms with van der Waals surface area (Å²) in [6.07, 6.45) is 1.26. The molecule has 1 aromatic carbocycles. The summed E-state index contributed by atoms with van der Waals surface area (Å²) < 4.78 is 5.78. The number of hydrogen-bond acceptors (Lipinski definition) is 3. The zero-order valence-corrected chi connectivity index (χ0v) is 9.63. The molecule has 3 nitrogen and oxygen atoms in total. The van der Waals surface area contributed by atoms with E-state index < -0.39 is 0 Å². The first-order chi connectivity index (χ1) is 7.74. The highest BCUT2D eigenvalue weighted by Gasteiger charge is 2.24. The van der Waals surface area contributed by atoms with Crippen LogP contribution < -0.4 is 15.4 Å². The molecule has 1 aromatic rings. The molecule has 0 bridgehead atoms. The molecule has 0 fully saturated rings. The van der Waals surface area contributed by atoms with Crippen molar-refractivity contribution in [2.45, 2.75) is 26.4 Å². The lowest BCUT2D eigenvalue weighted by Gasteiger charge is -2.13.